The molecule has 2 N–H and O–H groups in total. The summed E-state index contributed by atoms with van der Waals surface area (Å²) in [6, 6.07) is 21.7. The summed E-state index contributed by atoms with van der Waals surface area (Å²) in [4.78, 5) is 27.9. The molecular formula is C28H29ClFN3O2. The van der Waals surface area contributed by atoms with Crippen LogP contribution in [-0.4, -0.2) is 36.3 Å². The van der Waals surface area contributed by atoms with Crippen LogP contribution in [0.15, 0.2) is 72.8 Å². The molecule has 0 unspecified atom stereocenters. The topological polar surface area (TPSA) is 61.4 Å². The first kappa shape index (κ1) is 24.9. The lowest BCUT2D eigenvalue weighted by Gasteiger charge is -2.31. The average Bonchev–Trinajstić information content (AvgIpc) is 2.87. The van der Waals surface area contributed by atoms with E-state index in [0.717, 1.165) is 12.0 Å². The lowest BCUT2D eigenvalue weighted by Crippen LogP contribution is -2.38. The van der Waals surface area contributed by atoms with E-state index in [1.807, 2.05) is 30.3 Å². The highest BCUT2D eigenvalue weighted by molar-refractivity contribution is 6.30. The SMILES string of the molecule is O=C(NCCc1ccccc1)c1ccccc1NC(=O)C1CCN(Cc2ccc(Cl)cc2F)CC1. The third kappa shape index (κ3) is 6.90. The molecule has 0 radical (unpaired) electrons. The van der Waals surface area contributed by atoms with Gasteiger partial charge in [0.05, 0.1) is 11.3 Å². The molecule has 1 heterocycles. The third-order valence-electron chi connectivity index (χ3n) is 6.34. The summed E-state index contributed by atoms with van der Waals surface area (Å²) < 4.78 is 14.1. The molecule has 1 aliphatic heterocycles. The molecule has 2 amide bonds. The van der Waals surface area contributed by atoms with Crippen molar-refractivity contribution in [3.63, 3.8) is 0 Å². The zero-order chi connectivity index (χ0) is 24.6. The minimum atomic E-state index is -0.309. The van der Waals surface area contributed by atoms with Crippen LogP contribution in [0, 0.1) is 11.7 Å². The summed E-state index contributed by atoms with van der Waals surface area (Å²) in [5.41, 5.74) is 2.72. The molecule has 1 saturated heterocycles. The van der Waals surface area contributed by atoms with Gasteiger partial charge in [-0.15, -0.1) is 0 Å². The number of para-hydroxylation sites is 1. The largest absolute Gasteiger partial charge is 0.352 e. The zero-order valence-corrected chi connectivity index (χ0v) is 20.2. The van der Waals surface area contributed by atoms with Crippen molar-refractivity contribution < 1.29 is 14.0 Å². The van der Waals surface area contributed by atoms with Crippen LogP contribution in [0.3, 0.4) is 0 Å². The molecule has 0 aliphatic carbocycles. The van der Waals surface area contributed by atoms with Crippen LogP contribution in [0.4, 0.5) is 10.1 Å². The fraction of sp³-hybridized carbons (Fsp3) is 0.286. The number of likely N-dealkylation sites (tertiary alicyclic amines) is 1. The van der Waals surface area contributed by atoms with Gasteiger partial charge in [-0.25, -0.2) is 4.39 Å². The Bertz CT molecular complexity index is 1160. The number of amides is 2. The van der Waals surface area contributed by atoms with Crippen LogP contribution in [0.2, 0.25) is 5.02 Å². The molecule has 7 heteroatoms. The number of halogens is 2. The van der Waals surface area contributed by atoms with Crippen molar-refractivity contribution in [2.75, 3.05) is 25.0 Å². The molecular weight excluding hydrogens is 465 g/mol. The maximum atomic E-state index is 14.1. The highest BCUT2D eigenvalue weighted by Gasteiger charge is 2.26. The van der Waals surface area contributed by atoms with Gasteiger partial charge in [0, 0.05) is 29.6 Å². The number of benzene rings is 3. The summed E-state index contributed by atoms with van der Waals surface area (Å²) >= 11 is 5.84. The predicted molar refractivity (Wildman–Crippen MR) is 137 cm³/mol. The van der Waals surface area contributed by atoms with E-state index in [9.17, 15) is 14.0 Å². The zero-order valence-electron chi connectivity index (χ0n) is 19.5. The van der Waals surface area contributed by atoms with E-state index in [-0.39, 0.29) is 23.5 Å². The van der Waals surface area contributed by atoms with Gasteiger partial charge in [-0.2, -0.15) is 0 Å². The van der Waals surface area contributed by atoms with E-state index in [2.05, 4.69) is 15.5 Å². The van der Waals surface area contributed by atoms with E-state index >= 15 is 0 Å². The number of rotatable bonds is 8. The summed E-state index contributed by atoms with van der Waals surface area (Å²) in [6.07, 6.45) is 2.08. The number of nitrogens with one attached hydrogen (secondary N) is 2. The van der Waals surface area contributed by atoms with Gasteiger partial charge >= 0.3 is 0 Å². The average molecular weight is 494 g/mol. The Morgan fingerprint density at radius 2 is 1.69 bits per heavy atom. The first-order valence-corrected chi connectivity index (χ1v) is 12.3. The van der Waals surface area contributed by atoms with Gasteiger partial charge in [0.15, 0.2) is 0 Å². The number of hydrogen-bond acceptors (Lipinski definition) is 3. The molecule has 4 rings (SSSR count). The van der Waals surface area contributed by atoms with Crippen LogP contribution in [0.25, 0.3) is 0 Å². The number of anilines is 1. The number of nitrogens with zero attached hydrogens (tertiary/aromatic N) is 1. The summed E-state index contributed by atoms with van der Waals surface area (Å²) in [5.74, 6) is -0.768. The number of carbonyl (C=O) groups excluding carboxylic acids is 2. The Kier molecular flexibility index (Phi) is 8.50. The number of carbonyl (C=O) groups is 2. The van der Waals surface area contributed by atoms with Crippen LogP contribution in [0.5, 0.6) is 0 Å². The molecule has 1 fully saturated rings. The fourth-order valence-corrected chi connectivity index (χ4v) is 4.49. The Morgan fingerprint density at radius 3 is 2.43 bits per heavy atom. The normalized spacial score (nSPS) is 14.5. The number of piperidine rings is 1. The van der Waals surface area contributed by atoms with E-state index in [4.69, 9.17) is 11.6 Å². The van der Waals surface area contributed by atoms with Gasteiger partial charge in [0.25, 0.3) is 5.91 Å². The molecule has 3 aromatic carbocycles. The van der Waals surface area contributed by atoms with Crippen LogP contribution >= 0.6 is 11.6 Å². The Labute approximate surface area is 210 Å². The second-order valence-electron chi connectivity index (χ2n) is 8.81. The van der Waals surface area contributed by atoms with Crippen molar-refractivity contribution >= 4 is 29.1 Å². The van der Waals surface area contributed by atoms with Crippen LogP contribution in [-0.2, 0) is 17.8 Å². The second kappa shape index (κ2) is 12.0. The van der Waals surface area contributed by atoms with E-state index < -0.39 is 0 Å². The van der Waals surface area contributed by atoms with Crippen molar-refractivity contribution in [1.29, 1.82) is 0 Å². The molecule has 0 bridgehead atoms. The Hall–Kier alpha value is -3.22. The van der Waals surface area contributed by atoms with Crippen molar-refractivity contribution in [3.8, 4) is 0 Å². The number of hydrogen-bond donors (Lipinski definition) is 2. The summed E-state index contributed by atoms with van der Waals surface area (Å²) in [7, 11) is 0. The van der Waals surface area contributed by atoms with Gasteiger partial charge in [-0.05, 0) is 62.2 Å². The van der Waals surface area contributed by atoms with Gasteiger partial charge in [0.1, 0.15) is 5.82 Å². The minimum absolute atomic E-state index is 0.0909. The predicted octanol–water partition coefficient (Wildman–Crippen LogP) is 5.30. The Balaban J connectivity index is 1.28. The molecule has 0 spiro atoms. The van der Waals surface area contributed by atoms with Crippen molar-refractivity contribution in [3.05, 3.63) is 100 Å². The molecule has 3 aromatic rings. The monoisotopic (exact) mass is 493 g/mol. The third-order valence-corrected chi connectivity index (χ3v) is 6.57. The molecule has 182 valence electrons. The smallest absolute Gasteiger partial charge is 0.253 e. The van der Waals surface area contributed by atoms with E-state index in [1.165, 1.54) is 6.07 Å². The highest BCUT2D eigenvalue weighted by atomic mass is 35.5. The summed E-state index contributed by atoms with van der Waals surface area (Å²) in [6.45, 7) is 2.39. The van der Waals surface area contributed by atoms with Crippen LogP contribution in [0.1, 0.15) is 34.3 Å². The molecule has 0 atom stereocenters. The maximum absolute atomic E-state index is 14.1. The standard InChI is InChI=1S/C28H29ClFN3O2/c29-23-11-10-22(25(30)18-23)19-33-16-13-21(14-17-33)27(34)32-26-9-5-4-8-24(26)28(35)31-15-12-20-6-2-1-3-7-20/h1-11,18,21H,12-17,19H2,(H,31,35)(H,32,34). The lowest BCUT2D eigenvalue weighted by atomic mass is 9.95. The quantitative estimate of drug-likeness (QED) is 0.447. The maximum Gasteiger partial charge on any atom is 0.253 e. The first-order chi connectivity index (χ1) is 17.0. The minimum Gasteiger partial charge on any atom is -0.352 e. The van der Waals surface area contributed by atoms with Crippen molar-refractivity contribution in [1.82, 2.24) is 10.2 Å². The van der Waals surface area contributed by atoms with Gasteiger partial charge in [0.2, 0.25) is 5.91 Å². The van der Waals surface area contributed by atoms with Gasteiger partial charge < -0.3 is 10.6 Å². The fourth-order valence-electron chi connectivity index (χ4n) is 4.33. The molecule has 35 heavy (non-hydrogen) atoms. The molecule has 0 saturated carbocycles. The van der Waals surface area contributed by atoms with Gasteiger partial charge in [-0.1, -0.05) is 60.1 Å². The molecule has 0 aromatic heterocycles. The highest BCUT2D eigenvalue weighted by Crippen LogP contribution is 2.24. The Morgan fingerprint density at radius 1 is 0.971 bits per heavy atom. The lowest BCUT2D eigenvalue weighted by molar-refractivity contribution is -0.121. The second-order valence-corrected chi connectivity index (χ2v) is 9.25. The molecule has 5 nitrogen and oxygen atoms in total. The van der Waals surface area contributed by atoms with Crippen molar-refractivity contribution in [2.45, 2.75) is 25.8 Å². The van der Waals surface area contributed by atoms with Gasteiger partial charge in [-0.3, -0.25) is 14.5 Å². The van der Waals surface area contributed by atoms with Crippen molar-refractivity contribution in [2.24, 2.45) is 5.92 Å². The van der Waals surface area contributed by atoms with E-state index in [0.29, 0.717) is 60.9 Å². The first-order valence-electron chi connectivity index (χ1n) is 11.9. The van der Waals surface area contributed by atoms with E-state index in [1.54, 1.807) is 36.4 Å². The van der Waals surface area contributed by atoms with Crippen LogP contribution < -0.4 is 10.6 Å². The molecule has 1 aliphatic rings. The summed E-state index contributed by atoms with van der Waals surface area (Å²) in [5, 5.41) is 6.28.